The Bertz CT molecular complexity index is 1070. The summed E-state index contributed by atoms with van der Waals surface area (Å²) in [7, 11) is 0. The molecule has 2 heterocycles. The first-order valence-electron chi connectivity index (χ1n) is 8.76. The van der Waals surface area contributed by atoms with Crippen LogP contribution in [-0.4, -0.2) is 42.1 Å². The summed E-state index contributed by atoms with van der Waals surface area (Å²) in [5, 5.41) is 2.65. The maximum absolute atomic E-state index is 15.0. The third-order valence-electron chi connectivity index (χ3n) is 4.75. The number of alkyl halides is 1. The monoisotopic (exact) mass is 426 g/mol. The predicted molar refractivity (Wildman–Crippen MR) is 104 cm³/mol. The number of H-pyrrole nitrogens is 1. The van der Waals surface area contributed by atoms with Gasteiger partial charge in [-0.1, -0.05) is 17.5 Å². The lowest BCUT2D eigenvalue weighted by molar-refractivity contribution is -0.116. The second kappa shape index (κ2) is 7.87. The highest BCUT2D eigenvalue weighted by atomic mass is 35.5. The van der Waals surface area contributed by atoms with Crippen molar-refractivity contribution in [3.05, 3.63) is 27.9 Å². The van der Waals surface area contributed by atoms with Crippen molar-refractivity contribution >= 4 is 40.0 Å². The van der Waals surface area contributed by atoms with Gasteiger partial charge >= 0.3 is 0 Å². The number of nitrogens with one attached hydrogen (secondary N) is 2. The molecule has 1 aliphatic rings. The number of hydrogen-bond donors (Lipinski definition) is 3. The van der Waals surface area contributed by atoms with Crippen molar-refractivity contribution in [1.29, 1.82) is 0 Å². The largest absolute Gasteiger partial charge is 0.365 e. The minimum absolute atomic E-state index is 0.000144. The summed E-state index contributed by atoms with van der Waals surface area (Å²) in [6.07, 6.45) is -1.42. The molecule has 1 aromatic heterocycles. The van der Waals surface area contributed by atoms with Gasteiger partial charge in [-0.25, -0.2) is 13.2 Å². The van der Waals surface area contributed by atoms with E-state index < -0.39 is 41.2 Å². The van der Waals surface area contributed by atoms with Crippen LogP contribution in [0, 0.1) is 30.4 Å². The van der Waals surface area contributed by atoms with Gasteiger partial charge in [0.25, 0.3) is 11.8 Å². The first-order chi connectivity index (χ1) is 13.6. The van der Waals surface area contributed by atoms with Crippen LogP contribution >= 0.6 is 11.6 Å². The normalized spacial score (nSPS) is 19.0. The maximum Gasteiger partial charge on any atom is 0.296 e. The van der Waals surface area contributed by atoms with Crippen LogP contribution in [0.4, 0.5) is 18.9 Å². The van der Waals surface area contributed by atoms with E-state index in [1.54, 1.807) is 6.92 Å². The zero-order valence-corrected chi connectivity index (χ0v) is 16.4. The number of anilines is 1. The van der Waals surface area contributed by atoms with E-state index in [9.17, 15) is 18.4 Å². The number of carbonyl (C=O) groups is 2. The van der Waals surface area contributed by atoms with E-state index in [1.165, 1.54) is 11.8 Å². The molecule has 29 heavy (non-hydrogen) atoms. The number of primary amides is 1. The van der Waals surface area contributed by atoms with Gasteiger partial charge in [-0.2, -0.15) is 0 Å². The molecule has 0 aliphatic carbocycles. The number of aromatic nitrogens is 1. The number of halogens is 4. The van der Waals surface area contributed by atoms with Gasteiger partial charge in [0, 0.05) is 30.6 Å². The molecule has 0 radical (unpaired) electrons. The van der Waals surface area contributed by atoms with Crippen molar-refractivity contribution in [3.63, 3.8) is 0 Å². The number of hydrogen-bond acceptors (Lipinski definition) is 3. The Kier molecular flexibility index (Phi) is 5.66. The number of nitrogens with zero attached hydrogens (tertiary/aromatic N) is 1. The van der Waals surface area contributed by atoms with E-state index in [2.05, 4.69) is 22.1 Å². The number of nitrogens with two attached hydrogens (primary N) is 1. The quantitative estimate of drug-likeness (QED) is 0.659. The molecule has 10 heteroatoms. The first kappa shape index (κ1) is 20.9. The molecular weight excluding hydrogens is 409 g/mol. The minimum atomic E-state index is -1.45. The highest BCUT2D eigenvalue weighted by Gasteiger charge is 2.34. The van der Waals surface area contributed by atoms with Crippen LogP contribution in [0.15, 0.2) is 0 Å². The molecule has 0 saturated carbocycles. The third-order valence-corrected chi connectivity index (χ3v) is 5.23. The first-order valence-corrected chi connectivity index (χ1v) is 9.14. The summed E-state index contributed by atoms with van der Waals surface area (Å²) in [4.78, 5) is 27.5. The van der Waals surface area contributed by atoms with Crippen LogP contribution in [0.3, 0.4) is 0 Å². The Morgan fingerprint density at radius 3 is 2.62 bits per heavy atom. The highest BCUT2D eigenvalue weighted by Crippen LogP contribution is 2.41. The average molecular weight is 427 g/mol. The molecule has 1 aromatic carbocycles. The van der Waals surface area contributed by atoms with Gasteiger partial charge in [0.15, 0.2) is 11.6 Å². The smallest absolute Gasteiger partial charge is 0.296 e. The number of amides is 2. The topological polar surface area (TPSA) is 91.2 Å². The van der Waals surface area contributed by atoms with E-state index in [-0.39, 0.29) is 41.1 Å². The van der Waals surface area contributed by atoms with Crippen LogP contribution in [0.1, 0.15) is 29.4 Å². The fraction of sp³-hybridized carbons (Fsp3) is 0.368. The Hall–Kier alpha value is -2.86. The fourth-order valence-corrected chi connectivity index (χ4v) is 3.86. The predicted octanol–water partition coefficient (Wildman–Crippen LogP) is 2.56. The van der Waals surface area contributed by atoms with Crippen molar-refractivity contribution in [2.45, 2.75) is 32.5 Å². The van der Waals surface area contributed by atoms with Crippen LogP contribution < -0.4 is 16.0 Å². The summed E-state index contributed by atoms with van der Waals surface area (Å²) >= 11 is 6.28. The van der Waals surface area contributed by atoms with Crippen LogP contribution in [-0.2, 0) is 4.79 Å². The number of piperidine rings is 1. The van der Waals surface area contributed by atoms with Crippen LogP contribution in [0.5, 0.6) is 0 Å². The standard InChI is InChI=1S/C19H18ClF3N4O2/c1-3-4-11(28)26-10-5-9(21)6-27(7-10)18-12-14(20)8(2)25-17(12)13(19(24)29)15(22)16(18)23/h9-10,25H,5-7H2,1-2H3,(H2,24,29)(H,26,28)/t9-,10-/m0/s1. The molecule has 2 aromatic rings. The molecule has 2 amide bonds. The van der Waals surface area contributed by atoms with Gasteiger partial charge in [-0.15, -0.1) is 0 Å². The van der Waals surface area contributed by atoms with Gasteiger partial charge in [-0.05, 0) is 19.8 Å². The molecule has 154 valence electrons. The van der Waals surface area contributed by atoms with Gasteiger partial charge < -0.3 is 20.9 Å². The number of aromatic amines is 1. The maximum atomic E-state index is 15.0. The van der Waals surface area contributed by atoms with Crippen molar-refractivity contribution in [3.8, 4) is 11.8 Å². The Balaban J connectivity index is 2.14. The van der Waals surface area contributed by atoms with Gasteiger partial charge in [0.05, 0.1) is 22.3 Å². The SMILES string of the molecule is CC#CC(=O)N[C@H]1C[C@H](F)CN(c2c(F)c(F)c(C(N)=O)c3[nH]c(C)c(Cl)c23)C1. The molecule has 0 spiro atoms. The van der Waals surface area contributed by atoms with E-state index in [0.29, 0.717) is 5.69 Å². The number of fused-ring (bicyclic) bond motifs is 1. The number of carbonyl (C=O) groups excluding carboxylic acids is 2. The van der Waals surface area contributed by atoms with E-state index in [4.69, 9.17) is 17.3 Å². The summed E-state index contributed by atoms with van der Waals surface area (Å²) in [6.45, 7) is 2.80. The Morgan fingerprint density at radius 2 is 2.00 bits per heavy atom. The molecule has 6 nitrogen and oxygen atoms in total. The summed E-state index contributed by atoms with van der Waals surface area (Å²) in [5.41, 5.74) is 4.58. The molecule has 1 fully saturated rings. The van der Waals surface area contributed by atoms with Crippen molar-refractivity contribution < 1.29 is 22.8 Å². The zero-order chi connectivity index (χ0) is 21.5. The second-order valence-corrected chi connectivity index (χ2v) is 7.19. The van der Waals surface area contributed by atoms with Gasteiger partial charge in [-0.3, -0.25) is 9.59 Å². The molecule has 2 atom stereocenters. The number of benzene rings is 1. The van der Waals surface area contributed by atoms with Gasteiger partial charge in [0.1, 0.15) is 11.7 Å². The minimum Gasteiger partial charge on any atom is -0.365 e. The molecule has 0 bridgehead atoms. The van der Waals surface area contributed by atoms with E-state index in [1.807, 2.05) is 0 Å². The Morgan fingerprint density at radius 1 is 1.31 bits per heavy atom. The fourth-order valence-electron chi connectivity index (χ4n) is 3.63. The Labute approximate surface area is 169 Å². The van der Waals surface area contributed by atoms with Crippen molar-refractivity contribution in [1.82, 2.24) is 10.3 Å². The van der Waals surface area contributed by atoms with E-state index in [0.717, 1.165) is 0 Å². The molecular formula is C19H18ClF3N4O2. The lowest BCUT2D eigenvalue weighted by atomic mass is 10.0. The summed E-state index contributed by atoms with van der Waals surface area (Å²) < 4.78 is 44.1. The summed E-state index contributed by atoms with van der Waals surface area (Å²) in [6, 6.07) is -0.681. The molecule has 1 saturated heterocycles. The highest BCUT2D eigenvalue weighted by molar-refractivity contribution is 6.38. The molecule has 0 unspecified atom stereocenters. The van der Waals surface area contributed by atoms with Crippen LogP contribution in [0.25, 0.3) is 10.9 Å². The zero-order valence-electron chi connectivity index (χ0n) is 15.6. The van der Waals surface area contributed by atoms with Crippen LogP contribution in [0.2, 0.25) is 5.02 Å². The molecule has 1 aliphatic heterocycles. The summed E-state index contributed by atoms with van der Waals surface area (Å²) in [5.74, 6) is 0.158. The second-order valence-electron chi connectivity index (χ2n) is 6.81. The van der Waals surface area contributed by atoms with Gasteiger partial charge in [0.2, 0.25) is 0 Å². The van der Waals surface area contributed by atoms with E-state index >= 15 is 4.39 Å². The lowest BCUT2D eigenvalue weighted by Gasteiger charge is -2.37. The number of aryl methyl sites for hydroxylation is 1. The third kappa shape index (κ3) is 3.72. The lowest BCUT2D eigenvalue weighted by Crippen LogP contribution is -2.52. The van der Waals surface area contributed by atoms with Crippen molar-refractivity contribution in [2.75, 3.05) is 18.0 Å². The molecule has 3 rings (SSSR count). The van der Waals surface area contributed by atoms with Crippen molar-refractivity contribution in [2.24, 2.45) is 5.73 Å². The average Bonchev–Trinajstić information content (AvgIpc) is 2.90. The molecule has 4 N–H and O–H groups in total. The number of rotatable bonds is 3.